The fourth-order valence-electron chi connectivity index (χ4n) is 1.27. The Morgan fingerprint density at radius 1 is 1.42 bits per heavy atom. The molecule has 7 nitrogen and oxygen atoms in total. The highest BCUT2D eigenvalue weighted by Gasteiger charge is 2.03. The third kappa shape index (κ3) is 3.02. The summed E-state index contributed by atoms with van der Waals surface area (Å²) in [5.74, 6) is -0.176. The Morgan fingerprint density at radius 3 is 2.95 bits per heavy atom. The summed E-state index contributed by atoms with van der Waals surface area (Å²) in [5, 5.41) is 28.1. The molecule has 0 aliphatic carbocycles. The number of anilines is 1. The van der Waals surface area contributed by atoms with Gasteiger partial charge in [-0.3, -0.25) is 10.2 Å². The first-order valence-electron chi connectivity index (χ1n) is 5.12. The van der Waals surface area contributed by atoms with Crippen molar-refractivity contribution in [1.29, 1.82) is 0 Å². The quantitative estimate of drug-likeness (QED) is 0.500. The number of hydrazone groups is 1. The van der Waals surface area contributed by atoms with Gasteiger partial charge in [0.15, 0.2) is 0 Å². The maximum absolute atomic E-state index is 11.2. The van der Waals surface area contributed by atoms with Crippen LogP contribution in [0, 0.1) is 0 Å². The molecule has 0 saturated heterocycles. The Morgan fingerprint density at radius 2 is 2.21 bits per heavy atom. The van der Waals surface area contributed by atoms with Crippen molar-refractivity contribution in [2.24, 2.45) is 5.10 Å². The normalized spacial score (nSPS) is 10.8. The molecule has 0 unspecified atom stereocenters. The Bertz CT molecular complexity index is 684. The van der Waals surface area contributed by atoms with E-state index in [2.05, 4.69) is 20.7 Å². The molecule has 8 heteroatoms. The molecule has 1 heterocycles. The molecule has 0 bridgehead atoms. The van der Waals surface area contributed by atoms with Gasteiger partial charge in [-0.1, -0.05) is 11.6 Å². The zero-order valence-electron chi connectivity index (χ0n) is 9.46. The molecular weight excluding hydrogens is 272 g/mol. The number of rotatable bonds is 3. The lowest BCUT2D eigenvalue weighted by molar-refractivity contribution is 0.450. The molecule has 4 N–H and O–H groups in total. The minimum absolute atomic E-state index is 0.0514. The minimum Gasteiger partial charge on any atom is -0.508 e. The summed E-state index contributed by atoms with van der Waals surface area (Å²) in [6.07, 6.45) is 2.62. The molecule has 19 heavy (non-hydrogen) atoms. The van der Waals surface area contributed by atoms with E-state index in [0.29, 0.717) is 5.56 Å². The summed E-state index contributed by atoms with van der Waals surface area (Å²) in [6.45, 7) is 0. The van der Waals surface area contributed by atoms with Gasteiger partial charge in [-0.25, -0.2) is 5.10 Å². The maximum Gasteiger partial charge on any atom is 0.285 e. The van der Waals surface area contributed by atoms with E-state index in [1.165, 1.54) is 30.6 Å². The van der Waals surface area contributed by atoms with E-state index in [0.717, 1.165) is 0 Å². The summed E-state index contributed by atoms with van der Waals surface area (Å²) >= 11 is 5.72. The number of benzene rings is 1. The lowest BCUT2D eigenvalue weighted by atomic mass is 10.2. The second-order valence-corrected chi connectivity index (χ2v) is 3.92. The van der Waals surface area contributed by atoms with Crippen molar-refractivity contribution in [1.82, 2.24) is 10.2 Å². The summed E-state index contributed by atoms with van der Waals surface area (Å²) in [6, 6.07) is 4.07. The molecule has 98 valence electrons. The van der Waals surface area contributed by atoms with Crippen LogP contribution in [-0.4, -0.2) is 26.6 Å². The number of aromatic hydroxyl groups is 2. The van der Waals surface area contributed by atoms with Gasteiger partial charge in [-0.15, -0.1) is 0 Å². The first-order chi connectivity index (χ1) is 9.08. The number of nitrogens with one attached hydrogen (secondary N) is 2. The molecule has 0 radical (unpaired) electrons. The van der Waals surface area contributed by atoms with Gasteiger partial charge in [0.2, 0.25) is 0 Å². The van der Waals surface area contributed by atoms with E-state index < -0.39 is 5.56 Å². The largest absolute Gasteiger partial charge is 0.508 e. The molecule has 0 saturated carbocycles. The predicted molar refractivity (Wildman–Crippen MR) is 70.9 cm³/mol. The standard InChI is InChI=1S/C11H9ClN4O3/c12-10-8(5-14-16-11(10)19)15-13-4-6-1-2-7(17)3-9(6)18/h1-5,17-18H,(H2,15,16,19). The molecule has 0 amide bonds. The van der Waals surface area contributed by atoms with E-state index in [1.807, 2.05) is 0 Å². The Hall–Kier alpha value is -2.54. The number of hydrogen-bond donors (Lipinski definition) is 4. The molecule has 1 aromatic heterocycles. The lowest BCUT2D eigenvalue weighted by Crippen LogP contribution is -2.10. The fraction of sp³-hybridized carbons (Fsp3) is 0. The van der Waals surface area contributed by atoms with Crippen LogP contribution in [0.15, 0.2) is 34.3 Å². The highest BCUT2D eigenvalue weighted by atomic mass is 35.5. The molecular formula is C11H9ClN4O3. The summed E-state index contributed by atoms with van der Waals surface area (Å²) in [5.41, 5.74) is 2.62. The van der Waals surface area contributed by atoms with Gasteiger partial charge in [0.05, 0.1) is 12.4 Å². The molecule has 0 aliphatic heterocycles. The number of aromatic amines is 1. The van der Waals surface area contributed by atoms with E-state index in [-0.39, 0.29) is 22.2 Å². The predicted octanol–water partition coefficient (Wildman–Crippen LogP) is 1.28. The molecule has 1 aromatic carbocycles. The minimum atomic E-state index is -0.533. The van der Waals surface area contributed by atoms with Crippen LogP contribution >= 0.6 is 11.6 Å². The van der Waals surface area contributed by atoms with Crippen molar-refractivity contribution >= 4 is 23.5 Å². The van der Waals surface area contributed by atoms with E-state index >= 15 is 0 Å². The highest BCUT2D eigenvalue weighted by molar-refractivity contribution is 6.32. The van der Waals surface area contributed by atoms with Crippen molar-refractivity contribution in [2.45, 2.75) is 0 Å². The van der Waals surface area contributed by atoms with Crippen molar-refractivity contribution in [3.63, 3.8) is 0 Å². The second kappa shape index (κ2) is 5.40. The third-order valence-corrected chi connectivity index (χ3v) is 2.57. The highest BCUT2D eigenvalue weighted by Crippen LogP contribution is 2.21. The van der Waals surface area contributed by atoms with E-state index in [9.17, 15) is 9.90 Å². The van der Waals surface area contributed by atoms with Crippen LogP contribution in [0.1, 0.15) is 5.56 Å². The van der Waals surface area contributed by atoms with Gasteiger partial charge in [-0.05, 0) is 12.1 Å². The Balaban J connectivity index is 2.16. The van der Waals surface area contributed by atoms with Crippen molar-refractivity contribution in [2.75, 3.05) is 5.43 Å². The monoisotopic (exact) mass is 280 g/mol. The topological polar surface area (TPSA) is 111 Å². The van der Waals surface area contributed by atoms with Gasteiger partial charge >= 0.3 is 0 Å². The first-order valence-corrected chi connectivity index (χ1v) is 5.50. The first kappa shape index (κ1) is 12.9. The second-order valence-electron chi connectivity index (χ2n) is 3.54. The average Bonchev–Trinajstić information content (AvgIpc) is 2.37. The van der Waals surface area contributed by atoms with Gasteiger partial charge in [0, 0.05) is 11.6 Å². The molecule has 0 spiro atoms. The van der Waals surface area contributed by atoms with Crippen LogP contribution in [0.25, 0.3) is 0 Å². The van der Waals surface area contributed by atoms with Crippen molar-refractivity contribution < 1.29 is 10.2 Å². The van der Waals surface area contributed by atoms with Crippen molar-refractivity contribution in [3.05, 3.63) is 45.3 Å². The SMILES string of the molecule is O=c1[nH]ncc(NN=Cc2ccc(O)cc2O)c1Cl. The Labute approximate surface area is 112 Å². The van der Waals surface area contributed by atoms with Crippen LogP contribution in [0.2, 0.25) is 5.02 Å². The fourth-order valence-corrected chi connectivity index (χ4v) is 1.41. The van der Waals surface area contributed by atoms with Crippen LogP contribution in [0.5, 0.6) is 11.5 Å². The van der Waals surface area contributed by atoms with Crippen LogP contribution < -0.4 is 11.0 Å². The molecule has 0 aliphatic rings. The zero-order valence-corrected chi connectivity index (χ0v) is 10.2. The smallest absolute Gasteiger partial charge is 0.285 e. The number of nitrogens with zero attached hydrogens (tertiary/aromatic N) is 2. The number of H-pyrrole nitrogens is 1. The van der Waals surface area contributed by atoms with Gasteiger partial charge in [0.25, 0.3) is 5.56 Å². The van der Waals surface area contributed by atoms with Crippen molar-refractivity contribution in [3.8, 4) is 11.5 Å². The zero-order chi connectivity index (χ0) is 13.8. The number of aromatic nitrogens is 2. The van der Waals surface area contributed by atoms with Crippen LogP contribution in [0.4, 0.5) is 5.69 Å². The van der Waals surface area contributed by atoms with Crippen LogP contribution in [0.3, 0.4) is 0 Å². The van der Waals surface area contributed by atoms with Crippen LogP contribution in [-0.2, 0) is 0 Å². The number of halogens is 1. The van der Waals surface area contributed by atoms with E-state index in [1.54, 1.807) is 0 Å². The molecule has 2 aromatic rings. The lowest BCUT2D eigenvalue weighted by Gasteiger charge is -2.01. The molecule has 0 fully saturated rings. The van der Waals surface area contributed by atoms with Gasteiger partial charge in [0.1, 0.15) is 22.2 Å². The summed E-state index contributed by atoms with van der Waals surface area (Å²) < 4.78 is 0. The number of phenols is 2. The number of phenolic OH excluding ortho intramolecular Hbond substituents is 2. The maximum atomic E-state index is 11.2. The Kier molecular flexibility index (Phi) is 3.67. The third-order valence-electron chi connectivity index (χ3n) is 2.20. The summed E-state index contributed by atoms with van der Waals surface area (Å²) in [4.78, 5) is 11.2. The molecule has 2 rings (SSSR count). The van der Waals surface area contributed by atoms with Gasteiger partial charge in [-0.2, -0.15) is 10.2 Å². The van der Waals surface area contributed by atoms with E-state index in [4.69, 9.17) is 16.7 Å². The van der Waals surface area contributed by atoms with Gasteiger partial charge < -0.3 is 10.2 Å². The summed E-state index contributed by atoms with van der Waals surface area (Å²) in [7, 11) is 0. The number of hydrogen-bond acceptors (Lipinski definition) is 6. The average molecular weight is 281 g/mol. The molecule has 0 atom stereocenters.